The summed E-state index contributed by atoms with van der Waals surface area (Å²) in [6, 6.07) is 8.66. The molecule has 1 amide bonds. The number of aliphatic carboxylic acids is 1. The number of methoxy groups -OCH3 is 1. The minimum Gasteiger partial charge on any atom is -0.480 e. The van der Waals surface area contributed by atoms with Gasteiger partial charge in [-0.3, -0.25) is 14.5 Å². The molecule has 7 nitrogen and oxygen atoms in total. The highest BCUT2D eigenvalue weighted by Gasteiger charge is 2.60. The molecule has 4 rings (SSSR count). The van der Waals surface area contributed by atoms with Crippen molar-refractivity contribution in [1.82, 2.24) is 4.90 Å². The highest BCUT2D eigenvalue weighted by molar-refractivity contribution is 6.30. The van der Waals surface area contributed by atoms with E-state index in [2.05, 4.69) is 0 Å². The van der Waals surface area contributed by atoms with Crippen LogP contribution in [0.5, 0.6) is 0 Å². The zero-order valence-electron chi connectivity index (χ0n) is 19.1. The van der Waals surface area contributed by atoms with E-state index in [0.29, 0.717) is 36.6 Å². The maximum Gasteiger partial charge on any atom is 0.329 e. The first-order valence-electron chi connectivity index (χ1n) is 10.9. The quantitative estimate of drug-likeness (QED) is 0.610. The number of benzene rings is 2. The fourth-order valence-corrected chi connectivity index (χ4v) is 4.96. The Morgan fingerprint density at radius 1 is 1.21 bits per heavy atom. The van der Waals surface area contributed by atoms with Crippen LogP contribution < -0.4 is 0 Å². The van der Waals surface area contributed by atoms with Crippen molar-refractivity contribution in [2.75, 3.05) is 20.3 Å². The van der Waals surface area contributed by atoms with Crippen LogP contribution >= 0.6 is 11.6 Å². The summed E-state index contributed by atoms with van der Waals surface area (Å²) in [6.45, 7) is 3.56. The number of hydrogen-bond acceptors (Lipinski definition) is 5. The second kappa shape index (κ2) is 8.76. The summed E-state index contributed by atoms with van der Waals surface area (Å²) < 4.78 is 27.0. The number of rotatable bonds is 6. The molecule has 9 heteroatoms. The number of fused-ring (bicyclic) bond motifs is 1. The van der Waals surface area contributed by atoms with E-state index >= 15 is 4.39 Å². The van der Waals surface area contributed by atoms with Crippen molar-refractivity contribution in [2.24, 2.45) is 5.92 Å². The average Bonchev–Trinajstić information content (AvgIpc) is 3.09. The van der Waals surface area contributed by atoms with Crippen molar-refractivity contribution < 1.29 is 33.4 Å². The normalized spacial score (nSPS) is 21.0. The number of carbonyl (C=O) groups is 3. The lowest BCUT2D eigenvalue weighted by molar-refractivity contribution is -0.165. The number of carboxylic acid groups (broad SMARTS) is 1. The number of ketones is 1. The number of Topliss-reactive ketones (excluding diaryl/α,β-unsaturated/α-hetero) is 1. The van der Waals surface area contributed by atoms with E-state index in [4.69, 9.17) is 21.1 Å². The van der Waals surface area contributed by atoms with Gasteiger partial charge in [0.2, 0.25) is 5.72 Å². The Hall–Kier alpha value is -2.81. The lowest BCUT2D eigenvalue weighted by Crippen LogP contribution is -2.60. The Bertz CT molecular complexity index is 1160. The molecule has 1 saturated heterocycles. The number of amides is 1. The van der Waals surface area contributed by atoms with E-state index in [1.54, 1.807) is 24.3 Å². The van der Waals surface area contributed by atoms with Crippen LogP contribution in [0, 0.1) is 11.7 Å². The smallest absolute Gasteiger partial charge is 0.329 e. The van der Waals surface area contributed by atoms with Crippen molar-refractivity contribution in [3.05, 3.63) is 69.5 Å². The molecule has 0 saturated carbocycles. The minimum absolute atomic E-state index is 0.0626. The van der Waals surface area contributed by atoms with Crippen LogP contribution in [0.15, 0.2) is 36.4 Å². The van der Waals surface area contributed by atoms with Gasteiger partial charge in [0, 0.05) is 42.4 Å². The Kier molecular flexibility index (Phi) is 6.27. The molecule has 180 valence electrons. The third-order valence-electron chi connectivity index (χ3n) is 6.67. The molecule has 2 heterocycles. The molecule has 1 fully saturated rings. The summed E-state index contributed by atoms with van der Waals surface area (Å²) in [7, 11) is 1.28. The van der Waals surface area contributed by atoms with E-state index in [1.165, 1.54) is 27.0 Å². The van der Waals surface area contributed by atoms with E-state index < -0.39 is 29.0 Å². The monoisotopic (exact) mass is 489 g/mol. The molecule has 2 aromatic rings. The predicted molar refractivity (Wildman–Crippen MR) is 121 cm³/mol. The molecule has 34 heavy (non-hydrogen) atoms. The molecule has 2 aromatic carbocycles. The summed E-state index contributed by atoms with van der Waals surface area (Å²) in [6.07, 6.45) is 1.02. The highest BCUT2D eigenvalue weighted by Crippen LogP contribution is 2.50. The first kappa shape index (κ1) is 24.3. The van der Waals surface area contributed by atoms with Crippen molar-refractivity contribution >= 4 is 29.3 Å². The van der Waals surface area contributed by atoms with Crippen molar-refractivity contribution in [3.63, 3.8) is 0 Å². The van der Waals surface area contributed by atoms with Gasteiger partial charge in [0.15, 0.2) is 5.78 Å². The number of carboxylic acids is 1. The van der Waals surface area contributed by atoms with Gasteiger partial charge in [-0.25, -0.2) is 9.18 Å². The Labute approximate surface area is 201 Å². The van der Waals surface area contributed by atoms with Crippen molar-refractivity contribution in [3.8, 4) is 0 Å². The maximum atomic E-state index is 15.9. The van der Waals surface area contributed by atoms with Gasteiger partial charge in [0.05, 0.1) is 11.1 Å². The summed E-state index contributed by atoms with van der Waals surface area (Å²) in [5, 5.41) is 10.4. The van der Waals surface area contributed by atoms with Gasteiger partial charge in [-0.1, -0.05) is 23.7 Å². The Balaban J connectivity index is 1.96. The van der Waals surface area contributed by atoms with Gasteiger partial charge in [0.25, 0.3) is 5.91 Å². The fraction of sp³-hybridized carbons (Fsp3) is 0.400. The lowest BCUT2D eigenvalue weighted by atomic mass is 9.87. The van der Waals surface area contributed by atoms with Crippen LogP contribution in [-0.4, -0.2) is 53.5 Å². The summed E-state index contributed by atoms with van der Waals surface area (Å²) in [4.78, 5) is 40.1. The van der Waals surface area contributed by atoms with E-state index in [1.807, 2.05) is 0 Å². The third-order valence-corrected chi connectivity index (χ3v) is 6.92. The molecular formula is C25H25ClFNO6. The largest absolute Gasteiger partial charge is 0.480 e. The summed E-state index contributed by atoms with van der Waals surface area (Å²) in [5.74, 6) is -3.49. The molecule has 0 bridgehead atoms. The molecule has 1 atom stereocenters. The molecule has 2 aliphatic heterocycles. The molecule has 0 spiro atoms. The van der Waals surface area contributed by atoms with Crippen molar-refractivity contribution in [2.45, 2.75) is 38.0 Å². The number of nitrogens with zero attached hydrogens (tertiary/aromatic N) is 1. The molecule has 2 aliphatic rings. The SMILES string of the molecule is CO[C@]1(c2ccc(Cl)cc2)c2c(F)cc(C(=O)C3CCOCC3)cc2C(=O)N1C(C)(C)C(=O)O. The second-order valence-electron chi connectivity index (χ2n) is 8.99. The van der Waals surface area contributed by atoms with E-state index in [-0.39, 0.29) is 28.4 Å². The zero-order chi connectivity index (χ0) is 24.8. The van der Waals surface area contributed by atoms with Crippen LogP contribution in [0.2, 0.25) is 5.02 Å². The minimum atomic E-state index is -1.89. The van der Waals surface area contributed by atoms with Crippen LogP contribution in [0.25, 0.3) is 0 Å². The fourth-order valence-electron chi connectivity index (χ4n) is 4.84. The Morgan fingerprint density at radius 3 is 2.38 bits per heavy atom. The van der Waals surface area contributed by atoms with Crippen LogP contribution in [-0.2, 0) is 20.0 Å². The maximum absolute atomic E-state index is 15.9. The van der Waals surface area contributed by atoms with Crippen LogP contribution in [0.4, 0.5) is 4.39 Å². The first-order valence-corrected chi connectivity index (χ1v) is 11.3. The number of carbonyl (C=O) groups excluding carboxylic acids is 2. The van der Waals surface area contributed by atoms with Gasteiger partial charge in [0.1, 0.15) is 11.4 Å². The second-order valence-corrected chi connectivity index (χ2v) is 9.43. The number of halogens is 2. The highest BCUT2D eigenvalue weighted by atomic mass is 35.5. The molecule has 1 N–H and O–H groups in total. The van der Waals surface area contributed by atoms with E-state index in [0.717, 1.165) is 11.0 Å². The summed E-state index contributed by atoms with van der Waals surface area (Å²) in [5.41, 5.74) is -3.54. The van der Waals surface area contributed by atoms with Gasteiger partial charge in [-0.15, -0.1) is 0 Å². The van der Waals surface area contributed by atoms with Gasteiger partial charge >= 0.3 is 5.97 Å². The van der Waals surface area contributed by atoms with Crippen LogP contribution in [0.1, 0.15) is 58.5 Å². The predicted octanol–water partition coefficient (Wildman–Crippen LogP) is 4.25. The Morgan fingerprint density at radius 2 is 1.82 bits per heavy atom. The molecule has 0 aromatic heterocycles. The first-order chi connectivity index (χ1) is 16.1. The van der Waals surface area contributed by atoms with Gasteiger partial charge in [-0.05, 0) is 51.0 Å². The average molecular weight is 490 g/mol. The van der Waals surface area contributed by atoms with Crippen LogP contribution in [0.3, 0.4) is 0 Å². The molecule has 0 aliphatic carbocycles. The third kappa shape index (κ3) is 3.61. The number of hydrogen-bond donors (Lipinski definition) is 1. The summed E-state index contributed by atoms with van der Waals surface area (Å²) >= 11 is 6.04. The molecular weight excluding hydrogens is 465 g/mol. The van der Waals surface area contributed by atoms with E-state index in [9.17, 15) is 19.5 Å². The van der Waals surface area contributed by atoms with Gasteiger partial charge < -0.3 is 14.6 Å². The molecule has 0 radical (unpaired) electrons. The molecule has 0 unspecified atom stereocenters. The zero-order valence-corrected chi connectivity index (χ0v) is 19.8. The van der Waals surface area contributed by atoms with Gasteiger partial charge in [-0.2, -0.15) is 0 Å². The standard InChI is InChI=1S/C25H25ClFNO6/c1-24(2,23(31)32)28-22(30)18-12-15(21(29)14-8-10-34-11-9-14)13-19(27)20(18)25(28,33-3)16-4-6-17(26)7-5-16/h4-7,12-14H,8-11H2,1-3H3,(H,31,32)/t25-/m1/s1. The lowest BCUT2D eigenvalue weighted by Gasteiger charge is -2.45. The topological polar surface area (TPSA) is 93.1 Å². The number of ether oxygens (including phenoxy) is 2. The van der Waals surface area contributed by atoms with Crippen molar-refractivity contribution in [1.29, 1.82) is 0 Å².